The fraction of sp³-hybridized carbons (Fsp3) is 0.833. The van der Waals surface area contributed by atoms with Gasteiger partial charge < -0.3 is 10.0 Å². The van der Waals surface area contributed by atoms with Gasteiger partial charge in [0.2, 0.25) is 0 Å². The van der Waals surface area contributed by atoms with Crippen LogP contribution in [0.5, 0.6) is 0 Å². The van der Waals surface area contributed by atoms with Crippen LogP contribution in [0.15, 0.2) is 12.2 Å². The van der Waals surface area contributed by atoms with Crippen LogP contribution in [0.3, 0.4) is 0 Å². The fourth-order valence-corrected chi connectivity index (χ4v) is 3.69. The first kappa shape index (κ1) is 17.3. The Labute approximate surface area is 135 Å². The first-order valence-electron chi connectivity index (χ1n) is 8.98. The molecule has 1 saturated carbocycles. The van der Waals surface area contributed by atoms with Gasteiger partial charge in [-0.3, -0.25) is 4.90 Å². The Morgan fingerprint density at radius 2 is 1.86 bits per heavy atom. The molecule has 2 aliphatic rings. The van der Waals surface area contributed by atoms with Crippen LogP contribution in [0.4, 0.5) is 4.79 Å². The Morgan fingerprint density at radius 3 is 2.50 bits per heavy atom. The van der Waals surface area contributed by atoms with Crippen LogP contribution in [-0.4, -0.2) is 54.2 Å². The number of rotatable bonds is 6. The second-order valence-electron chi connectivity index (χ2n) is 7.06. The Kier molecular flexibility index (Phi) is 7.23. The number of piperidine rings is 1. The van der Waals surface area contributed by atoms with Gasteiger partial charge in [-0.1, -0.05) is 18.6 Å². The number of allylic oxidation sites excluding steroid dienone is 1. The van der Waals surface area contributed by atoms with Crippen LogP contribution < -0.4 is 0 Å². The standard InChI is InChI=1S/C18H32N2O2/c1-19(18(21)22)15-11-17-9-7-16(8-10-17)6-5-14-20-12-3-2-4-13-20/h5-6,16-17H,2-4,7-15H2,1H3,(H,21,22). The molecule has 0 aromatic heterocycles. The fourth-order valence-electron chi connectivity index (χ4n) is 3.69. The SMILES string of the molecule is CN(CCC1CCC(C=CCN2CCCCC2)CC1)C(=O)O. The number of nitrogens with zero attached hydrogens (tertiary/aromatic N) is 2. The highest BCUT2D eigenvalue weighted by Gasteiger charge is 2.20. The zero-order valence-electron chi connectivity index (χ0n) is 14.0. The third kappa shape index (κ3) is 5.99. The summed E-state index contributed by atoms with van der Waals surface area (Å²) in [5.74, 6) is 1.46. The minimum atomic E-state index is -0.811. The van der Waals surface area contributed by atoms with Crippen molar-refractivity contribution in [1.82, 2.24) is 9.80 Å². The minimum absolute atomic E-state index is 0.676. The molecule has 1 heterocycles. The van der Waals surface area contributed by atoms with Crippen molar-refractivity contribution in [3.8, 4) is 0 Å². The average molecular weight is 308 g/mol. The highest BCUT2D eigenvalue weighted by Crippen LogP contribution is 2.31. The lowest BCUT2D eigenvalue weighted by atomic mass is 9.80. The molecule has 0 unspecified atom stereocenters. The van der Waals surface area contributed by atoms with Gasteiger partial charge >= 0.3 is 6.09 Å². The molecule has 2 fully saturated rings. The third-order valence-corrected chi connectivity index (χ3v) is 5.31. The maximum Gasteiger partial charge on any atom is 0.407 e. The molecule has 0 spiro atoms. The number of hydrogen-bond donors (Lipinski definition) is 1. The molecule has 0 aromatic rings. The molecule has 1 aliphatic heterocycles. The summed E-state index contributed by atoms with van der Waals surface area (Å²) >= 11 is 0. The molecule has 1 saturated heterocycles. The van der Waals surface area contributed by atoms with E-state index in [1.807, 2.05) is 0 Å². The van der Waals surface area contributed by atoms with Crippen molar-refractivity contribution >= 4 is 6.09 Å². The van der Waals surface area contributed by atoms with Gasteiger partial charge in [0.05, 0.1) is 0 Å². The van der Waals surface area contributed by atoms with Gasteiger partial charge in [-0.25, -0.2) is 4.79 Å². The minimum Gasteiger partial charge on any atom is -0.465 e. The van der Waals surface area contributed by atoms with Crippen molar-refractivity contribution < 1.29 is 9.90 Å². The van der Waals surface area contributed by atoms with Gasteiger partial charge in [0.25, 0.3) is 0 Å². The predicted octanol–water partition coefficient (Wildman–Crippen LogP) is 3.83. The monoisotopic (exact) mass is 308 g/mol. The van der Waals surface area contributed by atoms with Crippen molar-refractivity contribution in [3.63, 3.8) is 0 Å². The molecular weight excluding hydrogens is 276 g/mol. The van der Waals surface area contributed by atoms with E-state index in [0.717, 1.165) is 18.9 Å². The molecule has 1 amide bonds. The lowest BCUT2D eigenvalue weighted by Crippen LogP contribution is -2.29. The quantitative estimate of drug-likeness (QED) is 0.758. The Hall–Kier alpha value is -1.03. The van der Waals surface area contributed by atoms with Crippen LogP contribution in [0.1, 0.15) is 51.4 Å². The Bertz CT molecular complexity index is 356. The van der Waals surface area contributed by atoms with E-state index < -0.39 is 6.09 Å². The largest absolute Gasteiger partial charge is 0.465 e. The van der Waals surface area contributed by atoms with Crippen LogP contribution in [-0.2, 0) is 0 Å². The summed E-state index contributed by atoms with van der Waals surface area (Å²) in [6, 6.07) is 0. The van der Waals surface area contributed by atoms with Crippen molar-refractivity contribution in [2.75, 3.05) is 33.2 Å². The maximum atomic E-state index is 10.8. The summed E-state index contributed by atoms with van der Waals surface area (Å²) in [7, 11) is 1.66. The lowest BCUT2D eigenvalue weighted by Gasteiger charge is -2.28. The highest BCUT2D eigenvalue weighted by atomic mass is 16.4. The zero-order valence-corrected chi connectivity index (χ0v) is 14.0. The topological polar surface area (TPSA) is 43.8 Å². The van der Waals surface area contributed by atoms with E-state index in [9.17, 15) is 4.79 Å². The number of likely N-dealkylation sites (tertiary alicyclic amines) is 1. The number of carbonyl (C=O) groups is 1. The van der Waals surface area contributed by atoms with E-state index >= 15 is 0 Å². The normalized spacial score (nSPS) is 27.1. The number of carboxylic acid groups (broad SMARTS) is 1. The molecule has 1 N–H and O–H groups in total. The third-order valence-electron chi connectivity index (χ3n) is 5.31. The molecule has 0 atom stereocenters. The molecule has 4 nitrogen and oxygen atoms in total. The van der Waals surface area contributed by atoms with E-state index in [0.29, 0.717) is 12.5 Å². The van der Waals surface area contributed by atoms with Gasteiger partial charge in [0.1, 0.15) is 0 Å². The predicted molar refractivity (Wildman–Crippen MR) is 90.2 cm³/mol. The summed E-state index contributed by atoms with van der Waals surface area (Å²) in [4.78, 5) is 14.8. The van der Waals surface area contributed by atoms with E-state index in [1.165, 1.54) is 62.9 Å². The van der Waals surface area contributed by atoms with E-state index in [-0.39, 0.29) is 0 Å². The second kappa shape index (κ2) is 9.19. The summed E-state index contributed by atoms with van der Waals surface area (Å²) in [6.45, 7) is 4.35. The van der Waals surface area contributed by atoms with Crippen molar-refractivity contribution in [2.24, 2.45) is 11.8 Å². The molecular formula is C18H32N2O2. The van der Waals surface area contributed by atoms with Crippen molar-refractivity contribution in [2.45, 2.75) is 51.4 Å². The van der Waals surface area contributed by atoms with Crippen LogP contribution in [0.25, 0.3) is 0 Å². The molecule has 0 aromatic carbocycles. The summed E-state index contributed by atoms with van der Waals surface area (Å²) in [5.41, 5.74) is 0. The van der Waals surface area contributed by atoms with Crippen molar-refractivity contribution in [3.05, 3.63) is 12.2 Å². The highest BCUT2D eigenvalue weighted by molar-refractivity contribution is 5.64. The van der Waals surface area contributed by atoms with Gasteiger partial charge in [-0.05, 0) is 69.9 Å². The van der Waals surface area contributed by atoms with Gasteiger partial charge in [0.15, 0.2) is 0 Å². The van der Waals surface area contributed by atoms with Gasteiger partial charge in [0, 0.05) is 20.1 Å². The first-order valence-corrected chi connectivity index (χ1v) is 8.98. The lowest BCUT2D eigenvalue weighted by molar-refractivity contribution is 0.150. The Balaban J connectivity index is 1.59. The van der Waals surface area contributed by atoms with Crippen LogP contribution in [0, 0.1) is 11.8 Å². The number of hydrogen-bond acceptors (Lipinski definition) is 2. The number of amides is 1. The van der Waals surface area contributed by atoms with Gasteiger partial charge in [-0.2, -0.15) is 0 Å². The smallest absolute Gasteiger partial charge is 0.407 e. The van der Waals surface area contributed by atoms with E-state index in [2.05, 4.69) is 17.1 Å². The molecule has 2 rings (SSSR count). The summed E-state index contributed by atoms with van der Waals surface area (Å²) in [6.07, 6.45) is 14.2. The summed E-state index contributed by atoms with van der Waals surface area (Å²) in [5, 5.41) is 8.87. The van der Waals surface area contributed by atoms with E-state index in [1.54, 1.807) is 7.05 Å². The molecule has 4 heteroatoms. The van der Waals surface area contributed by atoms with Gasteiger partial charge in [-0.15, -0.1) is 0 Å². The zero-order chi connectivity index (χ0) is 15.8. The average Bonchev–Trinajstić information content (AvgIpc) is 2.54. The van der Waals surface area contributed by atoms with Crippen LogP contribution in [0.2, 0.25) is 0 Å². The maximum absolute atomic E-state index is 10.8. The Morgan fingerprint density at radius 1 is 1.18 bits per heavy atom. The summed E-state index contributed by atoms with van der Waals surface area (Å²) < 4.78 is 0. The van der Waals surface area contributed by atoms with Crippen molar-refractivity contribution in [1.29, 1.82) is 0 Å². The molecule has 22 heavy (non-hydrogen) atoms. The molecule has 0 radical (unpaired) electrons. The molecule has 126 valence electrons. The molecule has 0 bridgehead atoms. The van der Waals surface area contributed by atoms with Crippen LogP contribution >= 0.6 is 0 Å². The molecule has 1 aliphatic carbocycles. The van der Waals surface area contributed by atoms with E-state index in [4.69, 9.17) is 5.11 Å². The first-order chi connectivity index (χ1) is 10.6. The second-order valence-corrected chi connectivity index (χ2v) is 7.06.